The Labute approximate surface area is 161 Å². The van der Waals surface area contributed by atoms with Crippen molar-refractivity contribution in [1.82, 2.24) is 9.97 Å². The summed E-state index contributed by atoms with van der Waals surface area (Å²) in [4.78, 5) is 41.9. The number of nitrogens with one attached hydrogen (secondary N) is 1. The SMILES string of the molecule is Cc1c(C(N)=O)cc(Cc2cccc3[nH]cc(C(=O)C(F)(F)F)c23)nc1C(N)=O. The first-order chi connectivity index (χ1) is 13.5. The van der Waals surface area contributed by atoms with Gasteiger partial charge in [-0.15, -0.1) is 0 Å². The highest BCUT2D eigenvalue weighted by Gasteiger charge is 2.40. The van der Waals surface area contributed by atoms with Crippen LogP contribution < -0.4 is 11.5 Å². The molecule has 0 unspecified atom stereocenters. The van der Waals surface area contributed by atoms with Crippen LogP contribution in [0, 0.1) is 6.92 Å². The average Bonchev–Trinajstić information content (AvgIpc) is 3.06. The second kappa shape index (κ2) is 7.04. The lowest BCUT2D eigenvalue weighted by molar-refractivity contribution is -0.0884. The Balaban J connectivity index is 2.17. The van der Waals surface area contributed by atoms with Crippen LogP contribution in [0.1, 0.15) is 48.0 Å². The number of fused-ring (bicyclic) bond motifs is 1. The van der Waals surface area contributed by atoms with Crippen LogP contribution in [0.15, 0.2) is 30.5 Å². The van der Waals surface area contributed by atoms with E-state index in [9.17, 15) is 27.6 Å². The maximum Gasteiger partial charge on any atom is 0.454 e. The summed E-state index contributed by atoms with van der Waals surface area (Å²) in [6.07, 6.45) is -4.10. The Hall–Kier alpha value is -3.69. The van der Waals surface area contributed by atoms with Gasteiger partial charge in [0, 0.05) is 34.8 Å². The van der Waals surface area contributed by atoms with E-state index in [1.165, 1.54) is 25.1 Å². The van der Waals surface area contributed by atoms with Crippen LogP contribution in [-0.2, 0) is 6.42 Å². The maximum absolute atomic E-state index is 12.9. The number of Topliss-reactive ketones (excluding diaryl/α,β-unsaturated/α-hetero) is 1. The number of rotatable bonds is 5. The quantitative estimate of drug-likeness (QED) is 0.563. The van der Waals surface area contributed by atoms with Crippen LogP contribution in [0.3, 0.4) is 0 Å². The van der Waals surface area contributed by atoms with E-state index in [1.807, 2.05) is 0 Å². The number of nitrogens with zero attached hydrogens (tertiary/aromatic N) is 1. The van der Waals surface area contributed by atoms with Gasteiger partial charge in [0.25, 0.3) is 11.7 Å². The Kier molecular flexibility index (Phi) is 4.87. The first-order valence-corrected chi connectivity index (χ1v) is 8.31. The molecule has 0 radical (unpaired) electrons. The number of carbonyl (C=O) groups is 3. The first-order valence-electron chi connectivity index (χ1n) is 8.31. The molecule has 29 heavy (non-hydrogen) atoms. The first kappa shape index (κ1) is 20.1. The van der Waals surface area contributed by atoms with Crippen LogP contribution in [0.5, 0.6) is 0 Å². The molecule has 0 aliphatic rings. The second-order valence-electron chi connectivity index (χ2n) is 6.41. The van der Waals surface area contributed by atoms with E-state index in [-0.39, 0.29) is 34.3 Å². The predicted molar refractivity (Wildman–Crippen MR) is 97.5 cm³/mol. The molecule has 0 saturated carbocycles. The van der Waals surface area contributed by atoms with E-state index in [2.05, 4.69) is 9.97 Å². The lowest BCUT2D eigenvalue weighted by atomic mass is 9.97. The topological polar surface area (TPSA) is 132 Å². The molecule has 3 rings (SSSR count). The molecule has 0 bridgehead atoms. The van der Waals surface area contributed by atoms with Crippen molar-refractivity contribution in [3.8, 4) is 0 Å². The molecule has 0 atom stereocenters. The molecule has 2 heterocycles. The van der Waals surface area contributed by atoms with Gasteiger partial charge in [-0.25, -0.2) is 4.98 Å². The predicted octanol–water partition coefficient (Wildman–Crippen LogP) is 2.40. The fourth-order valence-electron chi connectivity index (χ4n) is 3.18. The highest BCUT2D eigenvalue weighted by molar-refractivity contribution is 6.11. The molecule has 7 nitrogen and oxygen atoms in total. The molecule has 2 amide bonds. The fourth-order valence-corrected chi connectivity index (χ4v) is 3.18. The van der Waals surface area contributed by atoms with Crippen LogP contribution >= 0.6 is 0 Å². The van der Waals surface area contributed by atoms with Gasteiger partial charge in [-0.2, -0.15) is 13.2 Å². The number of primary amides is 2. The van der Waals surface area contributed by atoms with E-state index < -0.39 is 29.3 Å². The van der Waals surface area contributed by atoms with Crippen molar-refractivity contribution in [1.29, 1.82) is 0 Å². The molecule has 1 aromatic carbocycles. The minimum atomic E-state index is -5.04. The number of hydrogen-bond acceptors (Lipinski definition) is 4. The van der Waals surface area contributed by atoms with E-state index in [0.29, 0.717) is 11.1 Å². The third-order valence-corrected chi connectivity index (χ3v) is 4.49. The number of H-pyrrole nitrogens is 1. The standard InChI is InChI=1S/C19H15F3N4O3/c1-8-11(17(23)28)6-10(26-15(8)18(24)29)5-9-3-2-4-13-14(9)12(7-25-13)16(27)19(20,21)22/h2-4,6-7,25H,5H2,1H3,(H2,23,28)(H2,24,29). The van der Waals surface area contributed by atoms with Crippen molar-refractivity contribution in [2.45, 2.75) is 19.5 Å². The zero-order valence-electron chi connectivity index (χ0n) is 15.1. The Morgan fingerprint density at radius 2 is 1.79 bits per heavy atom. The Morgan fingerprint density at radius 3 is 2.38 bits per heavy atom. The van der Waals surface area contributed by atoms with Crippen molar-refractivity contribution >= 4 is 28.5 Å². The number of halogens is 3. The summed E-state index contributed by atoms with van der Waals surface area (Å²) < 4.78 is 38.8. The number of ketones is 1. The van der Waals surface area contributed by atoms with Crippen molar-refractivity contribution in [3.63, 3.8) is 0 Å². The van der Waals surface area contributed by atoms with Crippen molar-refractivity contribution in [2.75, 3.05) is 0 Å². The number of benzene rings is 1. The molecule has 0 saturated heterocycles. The largest absolute Gasteiger partial charge is 0.454 e. The second-order valence-corrected chi connectivity index (χ2v) is 6.41. The minimum Gasteiger partial charge on any atom is -0.366 e. The molecular weight excluding hydrogens is 389 g/mol. The monoisotopic (exact) mass is 404 g/mol. The summed E-state index contributed by atoms with van der Waals surface area (Å²) in [7, 11) is 0. The molecule has 0 aliphatic carbocycles. The number of carbonyl (C=O) groups excluding carboxylic acids is 3. The third-order valence-electron chi connectivity index (χ3n) is 4.49. The van der Waals surface area contributed by atoms with Gasteiger partial charge in [0.2, 0.25) is 5.91 Å². The van der Waals surface area contributed by atoms with Gasteiger partial charge in [-0.05, 0) is 30.2 Å². The number of aromatic nitrogens is 2. The number of pyridine rings is 1. The van der Waals surface area contributed by atoms with Crippen LogP contribution in [0.4, 0.5) is 13.2 Å². The lowest BCUT2D eigenvalue weighted by Gasteiger charge is -2.11. The Morgan fingerprint density at radius 1 is 1.10 bits per heavy atom. The normalized spacial score (nSPS) is 11.6. The zero-order chi connectivity index (χ0) is 21.5. The average molecular weight is 404 g/mol. The minimum absolute atomic E-state index is 0.0247. The van der Waals surface area contributed by atoms with Gasteiger partial charge in [0.05, 0.1) is 5.56 Å². The van der Waals surface area contributed by atoms with Crippen LogP contribution in [-0.4, -0.2) is 33.7 Å². The number of aromatic amines is 1. The lowest BCUT2D eigenvalue weighted by Crippen LogP contribution is -2.22. The van der Waals surface area contributed by atoms with Gasteiger partial charge in [-0.1, -0.05) is 12.1 Å². The summed E-state index contributed by atoms with van der Waals surface area (Å²) in [5.74, 6) is -3.66. The van der Waals surface area contributed by atoms with Crippen LogP contribution in [0.25, 0.3) is 10.9 Å². The molecule has 5 N–H and O–H groups in total. The molecule has 0 aliphatic heterocycles. The molecule has 0 fully saturated rings. The van der Waals surface area contributed by atoms with Gasteiger partial charge in [0.15, 0.2) is 0 Å². The number of alkyl halides is 3. The van der Waals surface area contributed by atoms with E-state index in [4.69, 9.17) is 11.5 Å². The van der Waals surface area contributed by atoms with Gasteiger partial charge >= 0.3 is 6.18 Å². The summed E-state index contributed by atoms with van der Waals surface area (Å²) in [6.45, 7) is 1.46. The van der Waals surface area contributed by atoms with Gasteiger partial charge in [0.1, 0.15) is 5.69 Å². The molecular formula is C19H15F3N4O3. The van der Waals surface area contributed by atoms with E-state index >= 15 is 0 Å². The molecule has 2 aromatic heterocycles. The van der Waals surface area contributed by atoms with Crippen LogP contribution in [0.2, 0.25) is 0 Å². The number of amides is 2. The fraction of sp³-hybridized carbons (Fsp3) is 0.158. The van der Waals surface area contributed by atoms with Gasteiger partial charge < -0.3 is 16.5 Å². The summed E-state index contributed by atoms with van der Waals surface area (Å²) in [5.41, 5.74) is 11.0. The van der Waals surface area contributed by atoms with E-state index in [1.54, 1.807) is 6.07 Å². The Bertz CT molecular complexity index is 1130. The molecule has 150 valence electrons. The molecule has 0 spiro atoms. The summed E-state index contributed by atoms with van der Waals surface area (Å²) >= 11 is 0. The maximum atomic E-state index is 12.9. The summed E-state index contributed by atoms with van der Waals surface area (Å²) in [5, 5.41) is 0.0819. The van der Waals surface area contributed by atoms with Crippen molar-refractivity contribution in [3.05, 3.63) is 64.1 Å². The zero-order valence-corrected chi connectivity index (χ0v) is 15.1. The summed E-state index contributed by atoms with van der Waals surface area (Å²) in [6, 6.07) is 5.99. The third kappa shape index (κ3) is 3.68. The smallest absolute Gasteiger partial charge is 0.366 e. The molecule has 3 aromatic rings. The highest BCUT2D eigenvalue weighted by Crippen LogP contribution is 2.30. The number of nitrogens with two attached hydrogens (primary N) is 2. The van der Waals surface area contributed by atoms with Crippen molar-refractivity contribution in [2.24, 2.45) is 11.5 Å². The highest BCUT2D eigenvalue weighted by atomic mass is 19.4. The van der Waals surface area contributed by atoms with Gasteiger partial charge in [-0.3, -0.25) is 14.4 Å². The van der Waals surface area contributed by atoms with Crippen molar-refractivity contribution < 1.29 is 27.6 Å². The number of hydrogen-bond donors (Lipinski definition) is 3. The molecule has 10 heteroatoms. The van der Waals surface area contributed by atoms with E-state index in [0.717, 1.165) is 6.20 Å².